The molecule has 2 nitrogen and oxygen atoms in total. The highest BCUT2D eigenvalue weighted by atomic mass is 15.0. The van der Waals surface area contributed by atoms with Crippen LogP contribution < -0.4 is 0 Å². The fraction of sp³-hybridized carbons (Fsp3) is 0.0517. The van der Waals surface area contributed by atoms with Gasteiger partial charge in [-0.2, -0.15) is 0 Å². The van der Waals surface area contributed by atoms with Crippen molar-refractivity contribution in [2.75, 3.05) is 0 Å². The lowest BCUT2D eigenvalue weighted by Gasteiger charge is -2.21. The van der Waals surface area contributed by atoms with Crippen LogP contribution in [0.2, 0.25) is 0 Å². The molecule has 9 aromatic carbocycles. The van der Waals surface area contributed by atoms with Crippen LogP contribution in [-0.2, 0) is 5.41 Å². The van der Waals surface area contributed by atoms with Gasteiger partial charge in [0.2, 0.25) is 0 Å². The summed E-state index contributed by atoms with van der Waals surface area (Å²) in [6.45, 7) is 4.72. The van der Waals surface area contributed by atoms with Gasteiger partial charge in [0.25, 0.3) is 0 Å². The second kappa shape index (κ2) is 13.2. The quantitative estimate of drug-likeness (QED) is 0.160. The van der Waals surface area contributed by atoms with Crippen molar-refractivity contribution >= 4 is 43.5 Å². The molecule has 0 radical (unpaired) electrons. The van der Waals surface area contributed by atoms with Crippen molar-refractivity contribution in [1.82, 2.24) is 9.55 Å². The van der Waals surface area contributed by atoms with Crippen LogP contribution in [0.3, 0.4) is 0 Å². The van der Waals surface area contributed by atoms with Gasteiger partial charge in [0.05, 0.1) is 22.2 Å². The van der Waals surface area contributed by atoms with E-state index in [1.54, 1.807) is 0 Å². The van der Waals surface area contributed by atoms with E-state index in [2.05, 4.69) is 225 Å². The van der Waals surface area contributed by atoms with Crippen molar-refractivity contribution in [1.29, 1.82) is 0 Å². The zero-order valence-electron chi connectivity index (χ0n) is 33.5. The van der Waals surface area contributed by atoms with E-state index in [1.165, 1.54) is 82.8 Å². The first kappa shape index (κ1) is 34.5. The predicted octanol–water partition coefficient (Wildman–Crippen LogP) is 15.5. The largest absolute Gasteiger partial charge is 0.309 e. The maximum atomic E-state index is 5.49. The summed E-state index contributed by atoms with van der Waals surface area (Å²) in [5.74, 6) is 0. The lowest BCUT2D eigenvalue weighted by molar-refractivity contribution is 0.661. The van der Waals surface area contributed by atoms with Crippen LogP contribution in [0.5, 0.6) is 0 Å². The number of nitrogens with zero attached hydrogens (tertiary/aromatic N) is 2. The Morgan fingerprint density at radius 3 is 1.63 bits per heavy atom. The fourth-order valence-electron chi connectivity index (χ4n) is 9.96. The molecule has 282 valence electrons. The minimum absolute atomic E-state index is 0.0913. The van der Waals surface area contributed by atoms with Crippen LogP contribution in [0.15, 0.2) is 206 Å². The Morgan fingerprint density at radius 2 is 0.917 bits per heavy atom. The van der Waals surface area contributed by atoms with Gasteiger partial charge in [-0.1, -0.05) is 153 Å². The molecule has 60 heavy (non-hydrogen) atoms. The molecular formula is C58H40N2. The minimum Gasteiger partial charge on any atom is -0.309 e. The summed E-state index contributed by atoms with van der Waals surface area (Å²) in [5.41, 5.74) is 19.2. The van der Waals surface area contributed by atoms with Crippen LogP contribution >= 0.6 is 0 Å². The van der Waals surface area contributed by atoms with Gasteiger partial charge in [0, 0.05) is 38.2 Å². The van der Waals surface area contributed by atoms with Crippen LogP contribution in [-0.4, -0.2) is 9.55 Å². The molecule has 0 saturated carbocycles. The molecular weight excluding hydrogens is 725 g/mol. The lowest BCUT2D eigenvalue weighted by Crippen LogP contribution is -2.14. The molecule has 11 aromatic rings. The van der Waals surface area contributed by atoms with Crippen LogP contribution in [0, 0.1) is 0 Å². The normalized spacial score (nSPS) is 13.0. The third-order valence-corrected chi connectivity index (χ3v) is 12.9. The highest BCUT2D eigenvalue weighted by molar-refractivity contribution is 6.15. The first-order chi connectivity index (χ1) is 29.5. The van der Waals surface area contributed by atoms with Crippen molar-refractivity contribution in [3.63, 3.8) is 0 Å². The van der Waals surface area contributed by atoms with E-state index in [-0.39, 0.29) is 5.41 Å². The van der Waals surface area contributed by atoms with E-state index in [9.17, 15) is 0 Å². The summed E-state index contributed by atoms with van der Waals surface area (Å²) in [6, 6.07) is 75.4. The molecule has 1 aliphatic carbocycles. The topological polar surface area (TPSA) is 17.8 Å². The van der Waals surface area contributed by atoms with E-state index in [0.29, 0.717) is 0 Å². The summed E-state index contributed by atoms with van der Waals surface area (Å²) in [4.78, 5) is 5.49. The molecule has 2 heteroatoms. The van der Waals surface area contributed by atoms with E-state index >= 15 is 0 Å². The average molecular weight is 765 g/mol. The molecule has 0 bridgehead atoms. The summed E-state index contributed by atoms with van der Waals surface area (Å²) < 4.78 is 2.44. The van der Waals surface area contributed by atoms with E-state index < -0.39 is 0 Å². The zero-order chi connectivity index (χ0) is 40.0. The van der Waals surface area contributed by atoms with Gasteiger partial charge in [-0.05, 0) is 128 Å². The third-order valence-electron chi connectivity index (χ3n) is 12.9. The van der Waals surface area contributed by atoms with Crippen molar-refractivity contribution < 1.29 is 0 Å². The molecule has 0 amide bonds. The maximum absolute atomic E-state index is 5.49. The number of pyridine rings is 1. The third kappa shape index (κ3) is 5.31. The summed E-state index contributed by atoms with van der Waals surface area (Å²) in [5, 5.41) is 5.98. The summed E-state index contributed by atoms with van der Waals surface area (Å²) in [7, 11) is 0. The predicted molar refractivity (Wildman–Crippen MR) is 253 cm³/mol. The van der Waals surface area contributed by atoms with E-state index in [1.807, 2.05) is 0 Å². The number of aromatic nitrogens is 2. The first-order valence-corrected chi connectivity index (χ1v) is 20.9. The second-order valence-corrected chi connectivity index (χ2v) is 16.8. The number of hydrogen-bond donors (Lipinski definition) is 0. The Bertz CT molecular complexity index is 3430. The molecule has 0 unspecified atom stereocenters. The molecule has 2 heterocycles. The van der Waals surface area contributed by atoms with Crippen LogP contribution in [0.4, 0.5) is 0 Å². The highest BCUT2D eigenvalue weighted by Crippen LogP contribution is 2.51. The smallest absolute Gasteiger partial charge is 0.0788 e. The Labute approximate surface area is 349 Å². The Balaban J connectivity index is 1.05. The number of hydrogen-bond acceptors (Lipinski definition) is 1. The number of benzene rings is 9. The number of para-hydroxylation sites is 1. The molecule has 0 spiro atoms. The summed E-state index contributed by atoms with van der Waals surface area (Å²) >= 11 is 0. The van der Waals surface area contributed by atoms with Gasteiger partial charge in [-0.3, -0.25) is 0 Å². The Morgan fingerprint density at radius 1 is 0.350 bits per heavy atom. The molecule has 0 atom stereocenters. The first-order valence-electron chi connectivity index (χ1n) is 20.9. The van der Waals surface area contributed by atoms with Crippen molar-refractivity contribution in [3.8, 4) is 61.5 Å². The highest BCUT2D eigenvalue weighted by Gasteiger charge is 2.36. The van der Waals surface area contributed by atoms with Crippen molar-refractivity contribution in [2.45, 2.75) is 19.3 Å². The minimum atomic E-state index is -0.0913. The van der Waals surface area contributed by atoms with Gasteiger partial charge < -0.3 is 4.57 Å². The Hall–Kier alpha value is -7.55. The van der Waals surface area contributed by atoms with Crippen LogP contribution in [0.1, 0.15) is 25.0 Å². The maximum Gasteiger partial charge on any atom is 0.0788 e. The van der Waals surface area contributed by atoms with E-state index in [0.717, 1.165) is 33.2 Å². The molecule has 0 fully saturated rings. The second-order valence-electron chi connectivity index (χ2n) is 16.8. The van der Waals surface area contributed by atoms with Gasteiger partial charge in [-0.15, -0.1) is 0 Å². The summed E-state index contributed by atoms with van der Waals surface area (Å²) in [6.07, 6.45) is 0. The van der Waals surface area contributed by atoms with Gasteiger partial charge in [0.15, 0.2) is 0 Å². The molecule has 1 aliphatic rings. The number of rotatable bonds is 5. The number of fused-ring (bicyclic) bond motifs is 9. The van der Waals surface area contributed by atoms with Crippen LogP contribution in [0.25, 0.3) is 105 Å². The average Bonchev–Trinajstić information content (AvgIpc) is 3.75. The Kier molecular flexibility index (Phi) is 7.61. The molecule has 12 rings (SSSR count). The fourth-order valence-corrected chi connectivity index (χ4v) is 9.96. The molecule has 0 N–H and O–H groups in total. The van der Waals surface area contributed by atoms with Gasteiger partial charge in [0.1, 0.15) is 0 Å². The van der Waals surface area contributed by atoms with Crippen molar-refractivity contribution in [3.05, 3.63) is 217 Å². The van der Waals surface area contributed by atoms with Gasteiger partial charge >= 0.3 is 0 Å². The molecule has 2 aromatic heterocycles. The SMILES string of the molecule is CC1(C)c2ccccc2-c2cc3c4cc(-c5nc6ccc(-c7cc(-c8ccccc8)cc(-c8ccccc8)c7)cc6c6ccccc56)ccc4n(-c4ccccc4)c3cc21. The van der Waals surface area contributed by atoms with E-state index in [4.69, 9.17) is 4.98 Å². The lowest BCUT2D eigenvalue weighted by atomic mass is 9.82. The monoisotopic (exact) mass is 764 g/mol. The van der Waals surface area contributed by atoms with Gasteiger partial charge in [-0.25, -0.2) is 4.98 Å². The molecule has 0 aliphatic heterocycles. The standard InChI is InChI=1S/C58H40N2/c1-58(2)52-25-15-14-23-46(52)48-35-51-50-34-40(27-29-55(50)60(56(51)36-53(48)58)44-20-10-5-11-21-44)57-47-24-13-12-22-45(47)49-33-39(26-28-54(49)59-57)43-31-41(37-16-6-3-7-17-37)30-42(32-43)38-18-8-4-9-19-38/h3-36H,1-2H3. The zero-order valence-corrected chi connectivity index (χ0v) is 33.5. The molecule has 0 saturated heterocycles. The van der Waals surface area contributed by atoms with Crippen molar-refractivity contribution in [2.24, 2.45) is 0 Å².